The third kappa shape index (κ3) is 1.66. The molecule has 1 atom stereocenters. The second kappa shape index (κ2) is 3.51. The van der Waals surface area contributed by atoms with Crippen molar-refractivity contribution in [2.24, 2.45) is 5.73 Å². The summed E-state index contributed by atoms with van der Waals surface area (Å²) in [5, 5.41) is 9.48. The molecule has 1 aliphatic rings. The van der Waals surface area contributed by atoms with Crippen LogP contribution < -0.4 is 10.6 Å². The largest absolute Gasteiger partial charge is 0.506 e. The number of nitrogens with two attached hydrogens (primary N) is 1. The summed E-state index contributed by atoms with van der Waals surface area (Å²) in [7, 11) is 0. The smallest absolute Gasteiger partial charge is 0.228 e. The van der Waals surface area contributed by atoms with Crippen LogP contribution >= 0.6 is 0 Å². The lowest BCUT2D eigenvalue weighted by Gasteiger charge is -2.17. The molecule has 1 saturated heterocycles. The first-order chi connectivity index (χ1) is 7.09. The molecule has 0 aliphatic carbocycles. The van der Waals surface area contributed by atoms with Gasteiger partial charge in [-0.3, -0.25) is 4.79 Å². The van der Waals surface area contributed by atoms with E-state index in [0.717, 1.165) is 0 Å². The summed E-state index contributed by atoms with van der Waals surface area (Å²) >= 11 is 0. The number of anilines is 1. The van der Waals surface area contributed by atoms with Gasteiger partial charge in [0.15, 0.2) is 5.82 Å². The number of hydrogen-bond donors (Lipinski definition) is 2. The fourth-order valence-corrected chi connectivity index (χ4v) is 1.72. The number of nitrogens with zero attached hydrogens (tertiary/aromatic N) is 1. The number of hydrogen-bond acceptors (Lipinski definition) is 3. The lowest BCUT2D eigenvalue weighted by Crippen LogP contribution is -2.28. The van der Waals surface area contributed by atoms with Crippen LogP contribution in [0.4, 0.5) is 10.1 Å². The van der Waals surface area contributed by atoms with E-state index in [9.17, 15) is 14.3 Å². The van der Waals surface area contributed by atoms with E-state index in [1.807, 2.05) is 0 Å². The summed E-state index contributed by atoms with van der Waals surface area (Å²) in [5.41, 5.74) is 5.51. The fraction of sp³-hybridized carbons (Fsp3) is 0.300. The average molecular weight is 210 g/mol. The summed E-state index contributed by atoms with van der Waals surface area (Å²) in [6.45, 7) is 0.243. The van der Waals surface area contributed by atoms with Gasteiger partial charge < -0.3 is 15.7 Å². The van der Waals surface area contributed by atoms with Crippen molar-refractivity contribution < 1.29 is 14.3 Å². The molecule has 1 amide bonds. The predicted molar refractivity (Wildman–Crippen MR) is 53.0 cm³/mol. The third-order valence-electron chi connectivity index (χ3n) is 2.39. The SMILES string of the molecule is NC1CC(=O)N(c2c(O)cccc2F)C1. The van der Waals surface area contributed by atoms with Crippen molar-refractivity contribution in [2.75, 3.05) is 11.4 Å². The lowest BCUT2D eigenvalue weighted by molar-refractivity contribution is -0.117. The first kappa shape index (κ1) is 9.92. The number of para-hydroxylation sites is 1. The van der Waals surface area contributed by atoms with E-state index >= 15 is 0 Å². The van der Waals surface area contributed by atoms with Crippen molar-refractivity contribution in [1.29, 1.82) is 0 Å². The van der Waals surface area contributed by atoms with E-state index < -0.39 is 5.82 Å². The molecule has 1 aromatic rings. The Morgan fingerprint density at radius 3 is 2.80 bits per heavy atom. The number of rotatable bonds is 1. The number of halogens is 1. The van der Waals surface area contributed by atoms with Crippen LogP contribution in [0.1, 0.15) is 6.42 Å². The zero-order chi connectivity index (χ0) is 11.0. The molecule has 1 aliphatic heterocycles. The van der Waals surface area contributed by atoms with Crippen LogP contribution in [-0.4, -0.2) is 23.6 Å². The molecule has 1 heterocycles. The molecule has 15 heavy (non-hydrogen) atoms. The van der Waals surface area contributed by atoms with Gasteiger partial charge in [-0.1, -0.05) is 6.07 Å². The van der Waals surface area contributed by atoms with E-state index in [-0.39, 0.29) is 36.4 Å². The van der Waals surface area contributed by atoms with Crippen molar-refractivity contribution in [2.45, 2.75) is 12.5 Å². The van der Waals surface area contributed by atoms with Crippen molar-refractivity contribution in [3.63, 3.8) is 0 Å². The molecular weight excluding hydrogens is 199 g/mol. The van der Waals surface area contributed by atoms with Crippen LogP contribution in [0.15, 0.2) is 18.2 Å². The highest BCUT2D eigenvalue weighted by Gasteiger charge is 2.31. The Morgan fingerprint density at radius 2 is 2.27 bits per heavy atom. The number of amides is 1. The Balaban J connectivity index is 2.41. The zero-order valence-electron chi connectivity index (χ0n) is 7.98. The highest BCUT2D eigenvalue weighted by atomic mass is 19.1. The van der Waals surface area contributed by atoms with Gasteiger partial charge in [-0.15, -0.1) is 0 Å². The summed E-state index contributed by atoms with van der Waals surface area (Å²) in [5.74, 6) is -1.11. The second-order valence-electron chi connectivity index (χ2n) is 3.58. The van der Waals surface area contributed by atoms with Crippen molar-refractivity contribution in [1.82, 2.24) is 0 Å². The molecule has 0 saturated carbocycles. The maximum atomic E-state index is 13.4. The first-order valence-corrected chi connectivity index (χ1v) is 4.63. The minimum absolute atomic E-state index is 0.0737. The topological polar surface area (TPSA) is 66.6 Å². The molecule has 0 spiro atoms. The van der Waals surface area contributed by atoms with Crippen molar-refractivity contribution in [3.8, 4) is 5.75 Å². The van der Waals surface area contributed by atoms with Gasteiger partial charge in [0.05, 0.1) is 0 Å². The van der Waals surface area contributed by atoms with Gasteiger partial charge in [-0.2, -0.15) is 0 Å². The molecule has 1 unspecified atom stereocenters. The number of phenols is 1. The molecule has 2 rings (SSSR count). The third-order valence-corrected chi connectivity index (χ3v) is 2.39. The van der Waals surface area contributed by atoms with Gasteiger partial charge in [0.1, 0.15) is 11.4 Å². The molecule has 4 nitrogen and oxygen atoms in total. The van der Waals surface area contributed by atoms with Crippen LogP contribution in [0.5, 0.6) is 5.75 Å². The van der Waals surface area contributed by atoms with Crippen LogP contribution in [0.25, 0.3) is 0 Å². The van der Waals surface area contributed by atoms with Gasteiger partial charge in [0.2, 0.25) is 5.91 Å². The molecule has 5 heteroatoms. The molecule has 0 aromatic heterocycles. The number of benzene rings is 1. The van der Waals surface area contributed by atoms with Gasteiger partial charge in [0.25, 0.3) is 0 Å². The van der Waals surface area contributed by atoms with Crippen LogP contribution in [0.3, 0.4) is 0 Å². The average Bonchev–Trinajstić information content (AvgIpc) is 2.45. The van der Waals surface area contributed by atoms with E-state index in [0.29, 0.717) is 0 Å². The molecule has 3 N–H and O–H groups in total. The Morgan fingerprint density at radius 1 is 1.53 bits per heavy atom. The highest BCUT2D eigenvalue weighted by Crippen LogP contribution is 2.32. The van der Waals surface area contributed by atoms with Crippen molar-refractivity contribution in [3.05, 3.63) is 24.0 Å². The lowest BCUT2D eigenvalue weighted by atomic mass is 10.2. The quantitative estimate of drug-likeness (QED) is 0.713. The Hall–Kier alpha value is -1.62. The summed E-state index contributed by atoms with van der Waals surface area (Å²) in [6, 6.07) is 3.63. The number of phenolic OH excluding ortho intramolecular Hbond substituents is 1. The van der Waals surface area contributed by atoms with E-state index in [2.05, 4.69) is 0 Å². The normalized spacial score (nSPS) is 21.1. The van der Waals surface area contributed by atoms with E-state index in [4.69, 9.17) is 5.73 Å². The highest BCUT2D eigenvalue weighted by molar-refractivity contribution is 5.97. The first-order valence-electron chi connectivity index (χ1n) is 4.63. The maximum Gasteiger partial charge on any atom is 0.228 e. The maximum absolute atomic E-state index is 13.4. The minimum Gasteiger partial charge on any atom is -0.506 e. The van der Waals surface area contributed by atoms with E-state index in [1.165, 1.54) is 23.1 Å². The van der Waals surface area contributed by atoms with Crippen molar-refractivity contribution >= 4 is 11.6 Å². The molecule has 1 fully saturated rings. The molecule has 1 aromatic carbocycles. The second-order valence-corrected chi connectivity index (χ2v) is 3.58. The molecule has 80 valence electrons. The molecular formula is C10H11FN2O2. The van der Waals surface area contributed by atoms with Gasteiger partial charge in [-0.05, 0) is 12.1 Å². The van der Waals surface area contributed by atoms with Gasteiger partial charge >= 0.3 is 0 Å². The molecule has 0 radical (unpaired) electrons. The minimum atomic E-state index is -0.613. The number of carbonyl (C=O) groups excluding carboxylic acids is 1. The summed E-state index contributed by atoms with van der Waals surface area (Å²) in [6.07, 6.45) is 0.188. The van der Waals surface area contributed by atoms with Gasteiger partial charge in [-0.25, -0.2) is 4.39 Å². The van der Waals surface area contributed by atoms with Crippen LogP contribution in [0, 0.1) is 5.82 Å². The van der Waals surface area contributed by atoms with E-state index in [1.54, 1.807) is 0 Å². The Kier molecular flexibility index (Phi) is 2.32. The monoisotopic (exact) mass is 210 g/mol. The number of aromatic hydroxyl groups is 1. The Bertz CT molecular complexity index is 388. The fourth-order valence-electron chi connectivity index (χ4n) is 1.72. The zero-order valence-corrected chi connectivity index (χ0v) is 7.98. The summed E-state index contributed by atoms with van der Waals surface area (Å²) < 4.78 is 13.4. The summed E-state index contributed by atoms with van der Waals surface area (Å²) in [4.78, 5) is 12.6. The Labute approximate surface area is 86.1 Å². The van der Waals surface area contributed by atoms with Crippen LogP contribution in [-0.2, 0) is 4.79 Å². The van der Waals surface area contributed by atoms with Gasteiger partial charge in [0, 0.05) is 19.0 Å². The molecule has 0 bridgehead atoms. The van der Waals surface area contributed by atoms with Crippen LogP contribution in [0.2, 0.25) is 0 Å². The predicted octanol–water partition coefficient (Wildman–Crippen LogP) is 0.595. The number of carbonyl (C=O) groups is 1. The standard InChI is InChI=1S/C10H11FN2O2/c11-7-2-1-3-8(14)10(7)13-5-6(12)4-9(13)15/h1-3,6,14H,4-5,12H2.